The number of hydrogen-bond acceptors (Lipinski definition) is 7. The molecule has 9 heteroatoms. The largest absolute Gasteiger partial charge is 0.493 e. The van der Waals surface area contributed by atoms with Crippen LogP contribution in [0, 0.1) is 0 Å². The van der Waals surface area contributed by atoms with Gasteiger partial charge in [0.15, 0.2) is 11.5 Å². The lowest BCUT2D eigenvalue weighted by Gasteiger charge is -2.14. The second kappa shape index (κ2) is 10.9. The van der Waals surface area contributed by atoms with Crippen LogP contribution in [0.3, 0.4) is 0 Å². The normalized spacial score (nSPS) is 14.5. The quantitative estimate of drug-likeness (QED) is 0.561. The molecule has 33 heavy (non-hydrogen) atoms. The Labute approximate surface area is 197 Å². The third kappa shape index (κ3) is 5.87. The van der Waals surface area contributed by atoms with Crippen molar-refractivity contribution in [3.8, 4) is 11.5 Å². The van der Waals surface area contributed by atoms with Crippen LogP contribution >= 0.6 is 11.8 Å². The Hall–Kier alpha value is -3.46. The number of ether oxygens (including phenoxy) is 2. The number of carbonyl (C=O) groups is 3. The van der Waals surface area contributed by atoms with Gasteiger partial charge in [-0.3, -0.25) is 19.3 Å². The van der Waals surface area contributed by atoms with Gasteiger partial charge in [-0.05, 0) is 66.7 Å². The van der Waals surface area contributed by atoms with Gasteiger partial charge in [0.05, 0.1) is 18.6 Å². The molecule has 0 atom stereocenters. The lowest BCUT2D eigenvalue weighted by molar-refractivity contribution is -0.122. The average Bonchev–Trinajstić information content (AvgIpc) is 3.07. The molecule has 2 aromatic rings. The van der Waals surface area contributed by atoms with E-state index in [1.165, 1.54) is 0 Å². The van der Waals surface area contributed by atoms with Crippen LogP contribution in [0.5, 0.6) is 11.5 Å². The molecule has 3 amide bonds. The summed E-state index contributed by atoms with van der Waals surface area (Å²) >= 11 is 0.873. The number of nitrogens with zero attached hydrogens (tertiary/aromatic N) is 2. The maximum absolute atomic E-state index is 12.7. The van der Waals surface area contributed by atoms with Crippen molar-refractivity contribution in [2.45, 2.75) is 6.92 Å². The van der Waals surface area contributed by atoms with E-state index in [4.69, 9.17) is 9.47 Å². The Morgan fingerprint density at radius 1 is 1.12 bits per heavy atom. The Morgan fingerprint density at radius 2 is 1.85 bits per heavy atom. The summed E-state index contributed by atoms with van der Waals surface area (Å²) in [4.78, 5) is 40.8. The maximum Gasteiger partial charge on any atom is 0.293 e. The van der Waals surface area contributed by atoms with Crippen molar-refractivity contribution in [3.63, 3.8) is 0 Å². The molecule has 0 spiro atoms. The van der Waals surface area contributed by atoms with Crippen molar-refractivity contribution in [2.75, 3.05) is 45.8 Å². The first kappa shape index (κ1) is 24.2. The SMILES string of the molecule is CCOc1ccc(/C=C2\SC(=O)N(CCNC(=O)c3ccc(N(C)C)cc3)C2=O)cc1OC. The highest BCUT2D eigenvalue weighted by atomic mass is 32.2. The molecule has 0 saturated carbocycles. The topological polar surface area (TPSA) is 88.2 Å². The van der Waals surface area contributed by atoms with E-state index in [1.54, 1.807) is 43.5 Å². The first-order valence-electron chi connectivity index (χ1n) is 10.5. The summed E-state index contributed by atoms with van der Waals surface area (Å²) in [5.74, 6) is 0.509. The van der Waals surface area contributed by atoms with Crippen LogP contribution in [-0.4, -0.2) is 62.9 Å². The molecule has 0 unspecified atom stereocenters. The standard InChI is InChI=1S/C24H27N3O5S/c1-5-32-19-11-6-16(14-20(19)31-4)15-21-23(29)27(24(30)33-21)13-12-25-22(28)17-7-9-18(10-8-17)26(2)3/h6-11,14-15H,5,12-13H2,1-4H3,(H,25,28)/b21-15-. The minimum Gasteiger partial charge on any atom is -0.493 e. The fourth-order valence-corrected chi connectivity index (χ4v) is 4.05. The highest BCUT2D eigenvalue weighted by Crippen LogP contribution is 2.34. The van der Waals surface area contributed by atoms with Gasteiger partial charge >= 0.3 is 0 Å². The van der Waals surface area contributed by atoms with Crippen LogP contribution in [0.4, 0.5) is 10.5 Å². The minimum atomic E-state index is -0.387. The van der Waals surface area contributed by atoms with E-state index < -0.39 is 0 Å². The molecule has 1 aliphatic rings. The van der Waals surface area contributed by atoms with Crippen LogP contribution in [0.1, 0.15) is 22.8 Å². The van der Waals surface area contributed by atoms with E-state index in [2.05, 4.69) is 5.32 Å². The van der Waals surface area contributed by atoms with Crippen LogP contribution in [0.25, 0.3) is 6.08 Å². The number of hydrogen-bond donors (Lipinski definition) is 1. The number of amides is 3. The van der Waals surface area contributed by atoms with Crippen molar-refractivity contribution < 1.29 is 23.9 Å². The van der Waals surface area contributed by atoms with Crippen molar-refractivity contribution in [2.24, 2.45) is 0 Å². The minimum absolute atomic E-state index is 0.0934. The fourth-order valence-electron chi connectivity index (χ4n) is 3.19. The lowest BCUT2D eigenvalue weighted by atomic mass is 10.2. The summed E-state index contributed by atoms with van der Waals surface area (Å²) in [6.07, 6.45) is 1.65. The van der Waals surface area contributed by atoms with E-state index in [0.29, 0.717) is 28.6 Å². The predicted octanol–water partition coefficient (Wildman–Crippen LogP) is 3.63. The number of nitrogens with one attached hydrogen (secondary N) is 1. The van der Waals surface area contributed by atoms with Crippen molar-refractivity contribution in [3.05, 3.63) is 58.5 Å². The Kier molecular flexibility index (Phi) is 8.00. The zero-order valence-corrected chi connectivity index (χ0v) is 19.9. The number of anilines is 1. The van der Waals surface area contributed by atoms with Gasteiger partial charge in [0.2, 0.25) is 0 Å². The third-order valence-corrected chi connectivity index (χ3v) is 5.83. The van der Waals surface area contributed by atoms with E-state index in [9.17, 15) is 14.4 Å². The molecule has 8 nitrogen and oxygen atoms in total. The average molecular weight is 470 g/mol. The smallest absolute Gasteiger partial charge is 0.293 e. The Morgan fingerprint density at radius 3 is 2.48 bits per heavy atom. The number of methoxy groups -OCH3 is 1. The molecular formula is C24H27N3O5S. The van der Waals surface area contributed by atoms with Crippen LogP contribution in [0.2, 0.25) is 0 Å². The van der Waals surface area contributed by atoms with Gasteiger partial charge in [0, 0.05) is 38.4 Å². The van der Waals surface area contributed by atoms with Crippen molar-refractivity contribution >= 4 is 40.6 Å². The summed E-state index contributed by atoms with van der Waals surface area (Å²) in [5, 5.41) is 2.39. The second-order valence-electron chi connectivity index (χ2n) is 7.37. The molecule has 0 radical (unpaired) electrons. The van der Waals surface area contributed by atoms with E-state index >= 15 is 0 Å². The van der Waals surface area contributed by atoms with E-state index in [0.717, 1.165) is 27.9 Å². The van der Waals surface area contributed by atoms with E-state index in [1.807, 2.05) is 38.1 Å². The molecule has 1 heterocycles. The molecule has 0 aliphatic carbocycles. The molecule has 1 saturated heterocycles. The maximum atomic E-state index is 12.7. The highest BCUT2D eigenvalue weighted by molar-refractivity contribution is 8.18. The summed E-state index contributed by atoms with van der Waals surface area (Å²) in [5.41, 5.74) is 2.22. The number of benzene rings is 2. The predicted molar refractivity (Wildman–Crippen MR) is 130 cm³/mol. The monoisotopic (exact) mass is 469 g/mol. The first-order valence-corrected chi connectivity index (χ1v) is 11.3. The molecule has 1 aliphatic heterocycles. The number of thioether (sulfide) groups is 1. The third-order valence-electron chi connectivity index (χ3n) is 4.93. The van der Waals surface area contributed by atoms with Gasteiger partial charge in [-0.25, -0.2) is 0 Å². The van der Waals surface area contributed by atoms with Gasteiger partial charge in [0.25, 0.3) is 17.1 Å². The lowest BCUT2D eigenvalue weighted by Crippen LogP contribution is -2.37. The van der Waals surface area contributed by atoms with Crippen LogP contribution in [0.15, 0.2) is 47.4 Å². The molecular weight excluding hydrogens is 442 g/mol. The molecule has 0 bridgehead atoms. The van der Waals surface area contributed by atoms with E-state index in [-0.39, 0.29) is 30.1 Å². The molecule has 3 rings (SSSR count). The second-order valence-corrected chi connectivity index (χ2v) is 8.37. The molecule has 1 N–H and O–H groups in total. The van der Waals surface area contributed by atoms with Crippen LogP contribution in [-0.2, 0) is 4.79 Å². The van der Waals surface area contributed by atoms with Gasteiger partial charge in [0.1, 0.15) is 0 Å². The molecule has 174 valence electrons. The molecule has 0 aromatic heterocycles. The van der Waals surface area contributed by atoms with Crippen molar-refractivity contribution in [1.29, 1.82) is 0 Å². The summed E-state index contributed by atoms with van der Waals surface area (Å²) < 4.78 is 10.8. The highest BCUT2D eigenvalue weighted by Gasteiger charge is 2.34. The Bertz CT molecular complexity index is 1070. The zero-order valence-electron chi connectivity index (χ0n) is 19.1. The van der Waals surface area contributed by atoms with Gasteiger partial charge in [-0.2, -0.15) is 0 Å². The number of imide groups is 1. The molecule has 2 aromatic carbocycles. The number of carbonyl (C=O) groups excluding carboxylic acids is 3. The van der Waals surface area contributed by atoms with Gasteiger partial charge in [-0.1, -0.05) is 6.07 Å². The molecule has 1 fully saturated rings. The Balaban J connectivity index is 1.60. The summed E-state index contributed by atoms with van der Waals surface area (Å²) in [6, 6.07) is 12.5. The fraction of sp³-hybridized carbons (Fsp3) is 0.292. The first-order chi connectivity index (χ1) is 15.8. The zero-order chi connectivity index (χ0) is 24.0. The number of rotatable bonds is 9. The van der Waals surface area contributed by atoms with Gasteiger partial charge in [-0.15, -0.1) is 0 Å². The summed E-state index contributed by atoms with van der Waals surface area (Å²) in [6.45, 7) is 2.64. The van der Waals surface area contributed by atoms with Crippen LogP contribution < -0.4 is 19.7 Å². The van der Waals surface area contributed by atoms with Crippen molar-refractivity contribution in [1.82, 2.24) is 10.2 Å². The summed E-state index contributed by atoms with van der Waals surface area (Å²) in [7, 11) is 5.39. The van der Waals surface area contributed by atoms with Gasteiger partial charge < -0.3 is 19.7 Å².